The maximum Gasteiger partial charge on any atom is 0.0541 e. The number of anilines is 5. The van der Waals surface area contributed by atoms with Crippen LogP contribution >= 0.6 is 0 Å². The molecule has 0 atom stereocenters. The summed E-state index contributed by atoms with van der Waals surface area (Å²) in [7, 11) is 0. The van der Waals surface area contributed by atoms with Crippen molar-refractivity contribution < 1.29 is 0 Å². The van der Waals surface area contributed by atoms with Crippen LogP contribution in [0.5, 0.6) is 0 Å². The second kappa shape index (κ2) is 16.1. The second-order valence-corrected chi connectivity index (χ2v) is 14.6. The summed E-state index contributed by atoms with van der Waals surface area (Å²) < 4.78 is 2.38. The molecule has 0 bridgehead atoms. The quantitative estimate of drug-likeness (QED) is 0.122. The van der Waals surface area contributed by atoms with E-state index >= 15 is 0 Å². The van der Waals surface area contributed by atoms with Gasteiger partial charge in [-0.05, 0) is 121 Å². The van der Waals surface area contributed by atoms with Gasteiger partial charge in [0, 0.05) is 50.2 Å². The van der Waals surface area contributed by atoms with Gasteiger partial charge in [0.05, 0.1) is 22.4 Å². The minimum atomic E-state index is 1.00. The third-order valence-corrected chi connectivity index (χ3v) is 11.2. The molecule has 0 saturated heterocycles. The van der Waals surface area contributed by atoms with Crippen molar-refractivity contribution in [3.8, 4) is 16.8 Å². The highest BCUT2D eigenvalue weighted by Gasteiger charge is 2.23. The van der Waals surface area contributed by atoms with Gasteiger partial charge in [-0.25, -0.2) is 0 Å². The largest absolute Gasteiger partial charge is 0.311 e. The zero-order chi connectivity index (χ0) is 40.3. The molecule has 0 unspecified atom stereocenters. The molecule has 0 aliphatic rings. The molecule has 3 heteroatoms. The van der Waals surface area contributed by atoms with E-state index < -0.39 is 0 Å². The van der Waals surface area contributed by atoms with Crippen LogP contribution in [0, 0.1) is 0 Å². The molecule has 0 aliphatic heterocycles. The van der Waals surface area contributed by atoms with Crippen molar-refractivity contribution in [3.05, 3.63) is 230 Å². The fraction of sp³-hybridized carbons (Fsp3) is 0.0357. The Labute approximate surface area is 347 Å². The summed E-state index contributed by atoms with van der Waals surface area (Å²) >= 11 is 0. The summed E-state index contributed by atoms with van der Waals surface area (Å²) in [5.41, 5.74) is 14.2. The van der Waals surface area contributed by atoms with E-state index in [1.807, 2.05) is 19.1 Å². The Kier molecular flexibility index (Phi) is 10.1. The first-order chi connectivity index (χ1) is 29.1. The molecule has 9 aromatic rings. The third kappa shape index (κ3) is 6.73. The maximum absolute atomic E-state index is 4.22. The zero-order valence-electron chi connectivity index (χ0n) is 33.5. The van der Waals surface area contributed by atoms with E-state index in [1.165, 1.54) is 21.5 Å². The molecule has 0 spiro atoms. The van der Waals surface area contributed by atoms with Crippen LogP contribution < -0.4 is 9.80 Å². The Bertz CT molecular complexity index is 3050. The van der Waals surface area contributed by atoms with Crippen LogP contribution in [-0.2, 0) is 0 Å². The lowest BCUT2D eigenvalue weighted by atomic mass is 9.97. The summed E-state index contributed by atoms with van der Waals surface area (Å²) in [6.45, 7) is 12.5. The molecule has 0 N–H and O–H groups in total. The Morgan fingerprint density at radius 3 is 1.97 bits per heavy atom. The molecule has 1 aromatic heterocycles. The summed E-state index contributed by atoms with van der Waals surface area (Å²) in [4.78, 5) is 4.69. The van der Waals surface area contributed by atoms with Gasteiger partial charge >= 0.3 is 0 Å². The first kappa shape index (κ1) is 37.0. The number of hydrogen-bond acceptors (Lipinski definition) is 2. The molecule has 9 rings (SSSR count). The minimum Gasteiger partial charge on any atom is -0.311 e. The van der Waals surface area contributed by atoms with Gasteiger partial charge < -0.3 is 14.4 Å². The normalized spacial score (nSPS) is 11.7. The van der Waals surface area contributed by atoms with E-state index in [9.17, 15) is 0 Å². The third-order valence-electron chi connectivity index (χ3n) is 11.2. The van der Waals surface area contributed by atoms with E-state index in [0.29, 0.717) is 0 Å². The standard InChI is InChI=1S/C56H45N3/c1-5-20-41-31-33-47(37-40(41)6-2)59-54-29-18-17-28-50(54)52-38-43(32-35-56(52)59)51-39-48(57(44(7-3)8-4)45-23-11-9-12-24-45)34-36-55(51)58(46-25-13-10-14-26-46)53-30-19-22-42-21-15-16-27-49(42)53/h5-39H,2-3H2,1,4H3/b20-5-,44-8+. The van der Waals surface area contributed by atoms with Crippen LogP contribution in [0.3, 0.4) is 0 Å². The highest BCUT2D eigenvalue weighted by molar-refractivity contribution is 6.11. The zero-order valence-corrected chi connectivity index (χ0v) is 33.5. The lowest BCUT2D eigenvalue weighted by Crippen LogP contribution is -2.16. The Hall–Kier alpha value is -7.62. The van der Waals surface area contributed by atoms with E-state index in [2.05, 4.69) is 235 Å². The molecule has 3 nitrogen and oxygen atoms in total. The predicted molar refractivity (Wildman–Crippen MR) is 256 cm³/mol. The fourth-order valence-corrected chi connectivity index (χ4v) is 8.47. The number of nitrogens with zero attached hydrogens (tertiary/aromatic N) is 3. The number of aromatic nitrogens is 1. The molecule has 1 heterocycles. The fourth-order valence-electron chi connectivity index (χ4n) is 8.47. The van der Waals surface area contributed by atoms with Crippen LogP contribution in [0.4, 0.5) is 28.4 Å². The highest BCUT2D eigenvalue weighted by Crippen LogP contribution is 2.47. The topological polar surface area (TPSA) is 11.4 Å². The highest BCUT2D eigenvalue weighted by atomic mass is 15.2. The van der Waals surface area contributed by atoms with E-state index in [-0.39, 0.29) is 0 Å². The molecular formula is C56H45N3. The molecule has 0 aliphatic carbocycles. The van der Waals surface area contributed by atoms with Crippen LogP contribution in [0.15, 0.2) is 219 Å². The lowest BCUT2D eigenvalue weighted by Gasteiger charge is -2.31. The second-order valence-electron chi connectivity index (χ2n) is 14.6. The lowest BCUT2D eigenvalue weighted by molar-refractivity contribution is 1.18. The van der Waals surface area contributed by atoms with Crippen molar-refractivity contribution in [1.82, 2.24) is 4.57 Å². The first-order valence-electron chi connectivity index (χ1n) is 20.2. The van der Waals surface area contributed by atoms with Gasteiger partial charge in [0.2, 0.25) is 0 Å². The van der Waals surface area contributed by atoms with Gasteiger partial charge in [0.15, 0.2) is 0 Å². The average Bonchev–Trinajstić information content (AvgIpc) is 3.63. The predicted octanol–water partition coefficient (Wildman–Crippen LogP) is 16.0. The summed E-state index contributed by atoms with van der Waals surface area (Å²) in [6, 6.07) is 65.6. The van der Waals surface area contributed by atoms with E-state index in [1.54, 1.807) is 0 Å². The van der Waals surface area contributed by atoms with Gasteiger partial charge in [0.1, 0.15) is 0 Å². The maximum atomic E-state index is 4.22. The molecule has 8 aromatic carbocycles. The Morgan fingerprint density at radius 1 is 0.525 bits per heavy atom. The number of rotatable bonds is 11. The van der Waals surface area contributed by atoms with Crippen LogP contribution in [0.2, 0.25) is 0 Å². The van der Waals surface area contributed by atoms with Crippen molar-refractivity contribution in [2.75, 3.05) is 9.80 Å². The van der Waals surface area contributed by atoms with Gasteiger partial charge in [-0.3, -0.25) is 0 Å². The number of fused-ring (bicyclic) bond motifs is 4. The van der Waals surface area contributed by atoms with Crippen LogP contribution in [-0.4, -0.2) is 4.57 Å². The van der Waals surface area contributed by atoms with Gasteiger partial charge in [0.25, 0.3) is 0 Å². The van der Waals surface area contributed by atoms with Crippen LogP contribution in [0.1, 0.15) is 25.0 Å². The van der Waals surface area contributed by atoms with Crippen LogP contribution in [0.25, 0.3) is 61.5 Å². The molecule has 0 saturated carbocycles. The van der Waals surface area contributed by atoms with E-state index in [0.717, 1.165) is 73.1 Å². The smallest absolute Gasteiger partial charge is 0.0541 e. The number of benzene rings is 8. The SMILES string of the molecule is C=C/C(=C\C)N(c1ccccc1)c1ccc(N(c2ccccc2)c2cccc3ccccc23)c(-c2ccc3c(c2)c2ccccc2n3-c2ccc(/C=C\C)c(C=C)c2)c1. The molecule has 0 amide bonds. The number of hydrogen-bond donors (Lipinski definition) is 0. The van der Waals surface area contributed by atoms with Crippen molar-refractivity contribution >= 4 is 73.2 Å². The van der Waals surface area contributed by atoms with Crippen molar-refractivity contribution in [1.29, 1.82) is 0 Å². The number of para-hydroxylation sites is 3. The minimum absolute atomic E-state index is 1.00. The average molecular weight is 760 g/mol. The van der Waals surface area contributed by atoms with Crippen molar-refractivity contribution in [2.24, 2.45) is 0 Å². The Balaban J connectivity index is 1.33. The van der Waals surface area contributed by atoms with Gasteiger partial charge in [-0.2, -0.15) is 0 Å². The molecule has 59 heavy (non-hydrogen) atoms. The van der Waals surface area contributed by atoms with Gasteiger partial charge in [-0.1, -0.05) is 141 Å². The number of allylic oxidation sites excluding steroid dienone is 3. The molecular weight excluding hydrogens is 715 g/mol. The molecule has 0 radical (unpaired) electrons. The first-order valence-corrected chi connectivity index (χ1v) is 20.2. The summed E-state index contributed by atoms with van der Waals surface area (Å²) in [5, 5.41) is 4.75. The van der Waals surface area contributed by atoms with Crippen molar-refractivity contribution in [3.63, 3.8) is 0 Å². The Morgan fingerprint density at radius 2 is 1.22 bits per heavy atom. The van der Waals surface area contributed by atoms with Crippen molar-refractivity contribution in [2.45, 2.75) is 13.8 Å². The summed E-state index contributed by atoms with van der Waals surface area (Å²) in [5.74, 6) is 0. The van der Waals surface area contributed by atoms with Gasteiger partial charge in [-0.15, -0.1) is 0 Å². The molecule has 0 fully saturated rings. The van der Waals surface area contributed by atoms with E-state index in [4.69, 9.17) is 0 Å². The summed E-state index contributed by atoms with van der Waals surface area (Å²) in [6.07, 6.45) is 10.2. The molecule has 284 valence electrons. The monoisotopic (exact) mass is 759 g/mol.